The molecule has 2 fully saturated rings. The SMILES string of the molecule is CCOC(=O)c1c(NC(=O)CN2C(=O)NC3(CCCC3)C2=O)sc(C)c1-c1ccc(C)cc1. The first-order valence-electron chi connectivity index (χ1n) is 11.1. The lowest BCUT2D eigenvalue weighted by atomic mass is 9.98. The molecule has 0 atom stereocenters. The Bertz CT molecular complexity index is 1120. The lowest BCUT2D eigenvalue weighted by Gasteiger charge is -2.19. The highest BCUT2D eigenvalue weighted by Crippen LogP contribution is 2.41. The van der Waals surface area contributed by atoms with Crippen LogP contribution in [-0.4, -0.2) is 47.4 Å². The minimum Gasteiger partial charge on any atom is -0.462 e. The van der Waals surface area contributed by atoms with Gasteiger partial charge in [0.05, 0.1) is 6.61 Å². The number of urea groups is 1. The summed E-state index contributed by atoms with van der Waals surface area (Å²) in [6, 6.07) is 7.21. The van der Waals surface area contributed by atoms with Crippen LogP contribution in [0.3, 0.4) is 0 Å². The molecule has 0 radical (unpaired) electrons. The van der Waals surface area contributed by atoms with Crippen LogP contribution in [-0.2, 0) is 14.3 Å². The number of benzene rings is 1. The molecule has 0 unspecified atom stereocenters. The molecule has 9 heteroatoms. The molecule has 33 heavy (non-hydrogen) atoms. The number of amides is 4. The van der Waals surface area contributed by atoms with Crippen LogP contribution in [0.2, 0.25) is 0 Å². The van der Waals surface area contributed by atoms with Crippen molar-refractivity contribution in [2.24, 2.45) is 0 Å². The van der Waals surface area contributed by atoms with Gasteiger partial charge in [-0.05, 0) is 39.2 Å². The second-order valence-electron chi connectivity index (χ2n) is 8.48. The number of anilines is 1. The van der Waals surface area contributed by atoms with E-state index >= 15 is 0 Å². The standard InChI is InChI=1S/C24H27N3O5S/c1-4-32-21(29)19-18(16-9-7-14(2)8-10-16)15(3)33-20(19)25-17(28)13-27-22(30)24(26-23(27)31)11-5-6-12-24/h7-10H,4-6,11-13H2,1-3H3,(H,25,28)(H,26,31). The molecule has 1 saturated heterocycles. The summed E-state index contributed by atoms with van der Waals surface area (Å²) in [4.78, 5) is 52.8. The van der Waals surface area contributed by atoms with Gasteiger partial charge in [-0.25, -0.2) is 9.59 Å². The van der Waals surface area contributed by atoms with Gasteiger partial charge in [0.1, 0.15) is 22.6 Å². The van der Waals surface area contributed by atoms with Gasteiger partial charge < -0.3 is 15.4 Å². The number of aryl methyl sites for hydroxylation is 2. The fourth-order valence-corrected chi connectivity index (χ4v) is 5.63. The molecule has 2 aliphatic rings. The van der Waals surface area contributed by atoms with E-state index in [2.05, 4.69) is 10.6 Å². The number of ether oxygens (including phenoxy) is 1. The number of nitrogens with one attached hydrogen (secondary N) is 2. The quantitative estimate of drug-likeness (QED) is 0.491. The Balaban J connectivity index is 1.60. The normalized spacial score (nSPS) is 16.9. The molecule has 2 N–H and O–H groups in total. The third-order valence-electron chi connectivity index (χ3n) is 6.16. The van der Waals surface area contributed by atoms with Crippen molar-refractivity contribution < 1.29 is 23.9 Å². The molecule has 2 heterocycles. The summed E-state index contributed by atoms with van der Waals surface area (Å²) in [6.07, 6.45) is 2.91. The van der Waals surface area contributed by atoms with E-state index in [4.69, 9.17) is 4.74 Å². The molecule has 1 spiro atoms. The number of hydrogen-bond acceptors (Lipinski definition) is 6. The first kappa shape index (κ1) is 23.0. The highest BCUT2D eigenvalue weighted by atomic mass is 32.1. The number of carbonyl (C=O) groups excluding carboxylic acids is 4. The van der Waals surface area contributed by atoms with Crippen molar-refractivity contribution in [3.8, 4) is 11.1 Å². The Morgan fingerprint density at radius 2 is 1.82 bits per heavy atom. The summed E-state index contributed by atoms with van der Waals surface area (Å²) < 4.78 is 5.27. The molecule has 1 aliphatic carbocycles. The maximum Gasteiger partial charge on any atom is 0.341 e. The molecule has 1 aliphatic heterocycles. The zero-order valence-electron chi connectivity index (χ0n) is 18.9. The van der Waals surface area contributed by atoms with Crippen LogP contribution in [0.25, 0.3) is 11.1 Å². The number of imide groups is 1. The van der Waals surface area contributed by atoms with E-state index in [1.54, 1.807) is 6.92 Å². The van der Waals surface area contributed by atoms with E-state index in [0.717, 1.165) is 33.7 Å². The van der Waals surface area contributed by atoms with Crippen LogP contribution in [0.4, 0.5) is 9.80 Å². The van der Waals surface area contributed by atoms with Gasteiger partial charge in [0.25, 0.3) is 5.91 Å². The van der Waals surface area contributed by atoms with Crippen LogP contribution >= 0.6 is 11.3 Å². The van der Waals surface area contributed by atoms with Crippen molar-refractivity contribution in [3.63, 3.8) is 0 Å². The molecule has 4 amide bonds. The van der Waals surface area contributed by atoms with Crippen LogP contribution in [0.5, 0.6) is 0 Å². The molecule has 174 valence electrons. The molecule has 1 aromatic heterocycles. The van der Waals surface area contributed by atoms with Crippen molar-refractivity contribution in [1.82, 2.24) is 10.2 Å². The lowest BCUT2D eigenvalue weighted by molar-refractivity contribution is -0.133. The zero-order chi connectivity index (χ0) is 23.8. The zero-order valence-corrected chi connectivity index (χ0v) is 19.8. The van der Waals surface area contributed by atoms with E-state index in [9.17, 15) is 19.2 Å². The van der Waals surface area contributed by atoms with Gasteiger partial charge in [-0.3, -0.25) is 14.5 Å². The van der Waals surface area contributed by atoms with Gasteiger partial charge >= 0.3 is 12.0 Å². The number of rotatable bonds is 6. The Morgan fingerprint density at radius 1 is 1.15 bits per heavy atom. The Hall–Kier alpha value is -3.20. The minimum atomic E-state index is -0.869. The van der Waals surface area contributed by atoms with Crippen molar-refractivity contribution in [2.45, 2.75) is 52.0 Å². The Morgan fingerprint density at radius 3 is 2.45 bits per heavy atom. The summed E-state index contributed by atoms with van der Waals surface area (Å²) in [5, 5.41) is 5.86. The predicted octanol–water partition coefficient (Wildman–Crippen LogP) is 4.01. The molecule has 4 rings (SSSR count). The summed E-state index contributed by atoms with van der Waals surface area (Å²) in [5.41, 5.74) is 2.04. The van der Waals surface area contributed by atoms with Gasteiger partial charge in [-0.15, -0.1) is 11.3 Å². The number of thiophene rings is 1. The maximum atomic E-state index is 12.9. The van der Waals surface area contributed by atoms with Gasteiger partial charge in [0.15, 0.2) is 0 Å². The molecule has 8 nitrogen and oxygen atoms in total. The van der Waals surface area contributed by atoms with E-state index in [0.29, 0.717) is 23.4 Å². The van der Waals surface area contributed by atoms with Gasteiger partial charge in [-0.2, -0.15) is 0 Å². The maximum absolute atomic E-state index is 12.9. The number of hydrogen-bond donors (Lipinski definition) is 2. The van der Waals surface area contributed by atoms with Crippen LogP contribution in [0, 0.1) is 13.8 Å². The molecule has 1 aromatic carbocycles. The Kier molecular flexibility index (Phi) is 6.25. The molecule has 0 bridgehead atoms. The summed E-state index contributed by atoms with van der Waals surface area (Å²) >= 11 is 1.26. The van der Waals surface area contributed by atoms with Gasteiger partial charge in [-0.1, -0.05) is 42.7 Å². The second kappa shape index (κ2) is 8.97. The molecule has 1 saturated carbocycles. The highest BCUT2D eigenvalue weighted by Gasteiger charge is 2.52. The van der Waals surface area contributed by atoms with Crippen molar-refractivity contribution in [3.05, 3.63) is 40.3 Å². The average molecular weight is 470 g/mol. The van der Waals surface area contributed by atoms with Crippen LogP contribution in [0.15, 0.2) is 24.3 Å². The van der Waals surface area contributed by atoms with E-state index in [1.165, 1.54) is 11.3 Å². The van der Waals surface area contributed by atoms with Gasteiger partial charge in [0, 0.05) is 10.4 Å². The number of esters is 1. The van der Waals surface area contributed by atoms with E-state index in [1.807, 2.05) is 38.1 Å². The molecule has 2 aromatic rings. The predicted molar refractivity (Wildman–Crippen MR) is 125 cm³/mol. The fraction of sp³-hybridized carbons (Fsp3) is 0.417. The van der Waals surface area contributed by atoms with E-state index in [-0.39, 0.29) is 18.1 Å². The summed E-state index contributed by atoms with van der Waals surface area (Å²) in [7, 11) is 0. The van der Waals surface area contributed by atoms with Gasteiger partial charge in [0.2, 0.25) is 5.91 Å². The summed E-state index contributed by atoms with van der Waals surface area (Å²) in [5.74, 6) is -1.43. The molecular weight excluding hydrogens is 442 g/mol. The minimum absolute atomic E-state index is 0.193. The van der Waals surface area contributed by atoms with E-state index < -0.39 is 30.0 Å². The van der Waals surface area contributed by atoms with Crippen LogP contribution < -0.4 is 10.6 Å². The third kappa shape index (κ3) is 4.25. The third-order valence-corrected chi connectivity index (χ3v) is 7.18. The smallest absolute Gasteiger partial charge is 0.341 e. The second-order valence-corrected chi connectivity index (χ2v) is 9.71. The van der Waals surface area contributed by atoms with Crippen molar-refractivity contribution >= 4 is 40.2 Å². The molecular formula is C24H27N3O5S. The summed E-state index contributed by atoms with van der Waals surface area (Å²) in [6.45, 7) is 5.36. The monoisotopic (exact) mass is 469 g/mol. The first-order valence-corrected chi connectivity index (χ1v) is 11.9. The fourth-order valence-electron chi connectivity index (χ4n) is 4.55. The Labute approximate surface area is 196 Å². The number of carbonyl (C=O) groups is 4. The van der Waals surface area contributed by atoms with Crippen molar-refractivity contribution in [2.75, 3.05) is 18.5 Å². The lowest BCUT2D eigenvalue weighted by Crippen LogP contribution is -2.44. The first-order chi connectivity index (χ1) is 15.8. The van der Waals surface area contributed by atoms with Crippen LogP contribution in [0.1, 0.15) is 53.4 Å². The largest absolute Gasteiger partial charge is 0.462 e. The van der Waals surface area contributed by atoms with Crippen molar-refractivity contribution in [1.29, 1.82) is 0 Å². The number of nitrogens with zero attached hydrogens (tertiary/aromatic N) is 1. The topological polar surface area (TPSA) is 105 Å². The average Bonchev–Trinajstić information content (AvgIpc) is 3.42. The highest BCUT2D eigenvalue weighted by molar-refractivity contribution is 7.17.